The Morgan fingerprint density at radius 3 is 2.74 bits per heavy atom. The Morgan fingerprint density at radius 1 is 1.26 bits per heavy atom. The van der Waals surface area contributed by atoms with E-state index in [9.17, 15) is 0 Å². The van der Waals surface area contributed by atoms with Gasteiger partial charge in [-0.2, -0.15) is 0 Å². The lowest BCUT2D eigenvalue weighted by Crippen LogP contribution is -2.44. The summed E-state index contributed by atoms with van der Waals surface area (Å²) in [6, 6.07) is 5.61. The number of hydrogen-bond donors (Lipinski definition) is 0. The van der Waals surface area contributed by atoms with Crippen molar-refractivity contribution in [1.82, 2.24) is 4.98 Å². The number of rotatable bonds is 2. The van der Waals surface area contributed by atoms with E-state index in [1.807, 2.05) is 39.0 Å². The third-order valence-electron chi connectivity index (χ3n) is 3.00. The van der Waals surface area contributed by atoms with Crippen molar-refractivity contribution in [2.45, 2.75) is 32.7 Å². The quantitative estimate of drug-likeness (QED) is 0.833. The molecule has 1 aromatic carbocycles. The van der Waals surface area contributed by atoms with Crippen molar-refractivity contribution >= 4 is 11.1 Å². The van der Waals surface area contributed by atoms with E-state index in [1.165, 1.54) is 0 Å². The van der Waals surface area contributed by atoms with Crippen LogP contribution in [0.1, 0.15) is 19.7 Å². The predicted molar refractivity (Wildman–Crippen MR) is 69.1 cm³/mol. The van der Waals surface area contributed by atoms with E-state index in [1.54, 1.807) is 0 Å². The summed E-state index contributed by atoms with van der Waals surface area (Å²) >= 11 is 0. The summed E-state index contributed by atoms with van der Waals surface area (Å²) in [4.78, 5) is 4.25. The van der Waals surface area contributed by atoms with Crippen molar-refractivity contribution in [3.8, 4) is 5.75 Å². The molecule has 19 heavy (non-hydrogen) atoms. The lowest BCUT2D eigenvalue weighted by molar-refractivity contribution is -0.268. The molecule has 5 nitrogen and oxygen atoms in total. The number of aryl methyl sites for hydroxylation is 1. The van der Waals surface area contributed by atoms with Crippen LogP contribution in [0.3, 0.4) is 0 Å². The molecule has 0 amide bonds. The fourth-order valence-corrected chi connectivity index (χ4v) is 2.03. The van der Waals surface area contributed by atoms with Crippen molar-refractivity contribution in [2.24, 2.45) is 0 Å². The Labute approximate surface area is 111 Å². The third-order valence-corrected chi connectivity index (χ3v) is 3.00. The van der Waals surface area contributed by atoms with Gasteiger partial charge in [0.05, 0.1) is 13.2 Å². The first-order valence-electron chi connectivity index (χ1n) is 6.34. The van der Waals surface area contributed by atoms with Gasteiger partial charge in [-0.1, -0.05) is 0 Å². The zero-order valence-electron chi connectivity index (χ0n) is 11.3. The van der Waals surface area contributed by atoms with Crippen LogP contribution in [-0.2, 0) is 9.47 Å². The molecule has 2 aromatic rings. The first-order valence-corrected chi connectivity index (χ1v) is 6.34. The van der Waals surface area contributed by atoms with Crippen molar-refractivity contribution in [2.75, 3.05) is 13.2 Å². The van der Waals surface area contributed by atoms with E-state index >= 15 is 0 Å². The van der Waals surface area contributed by atoms with Gasteiger partial charge in [-0.15, -0.1) is 0 Å². The van der Waals surface area contributed by atoms with Gasteiger partial charge in [-0.3, -0.25) is 0 Å². The molecule has 2 heterocycles. The van der Waals surface area contributed by atoms with Crippen LogP contribution in [0.5, 0.6) is 5.75 Å². The molecule has 3 rings (SSSR count). The summed E-state index contributed by atoms with van der Waals surface area (Å²) < 4.78 is 22.4. The van der Waals surface area contributed by atoms with Crippen molar-refractivity contribution in [3.63, 3.8) is 0 Å². The van der Waals surface area contributed by atoms with E-state index in [-0.39, 0.29) is 6.10 Å². The second-order valence-corrected chi connectivity index (χ2v) is 5.12. The van der Waals surface area contributed by atoms with E-state index in [4.69, 9.17) is 18.6 Å². The van der Waals surface area contributed by atoms with Crippen molar-refractivity contribution in [3.05, 3.63) is 24.1 Å². The summed E-state index contributed by atoms with van der Waals surface area (Å²) in [6.07, 6.45) is -0.102. The standard InChI is InChI=1S/C14H17NO4/c1-9-15-12-5-4-10(6-13(12)18-9)19-11-7-16-14(2,3)17-8-11/h4-6,11H,7-8H2,1-3H3. The summed E-state index contributed by atoms with van der Waals surface area (Å²) in [5.74, 6) is 0.866. The molecule has 1 aromatic heterocycles. The first kappa shape index (κ1) is 12.4. The summed E-state index contributed by atoms with van der Waals surface area (Å²) in [5.41, 5.74) is 1.56. The highest BCUT2D eigenvalue weighted by Crippen LogP contribution is 2.24. The first-order chi connectivity index (χ1) is 9.02. The lowest BCUT2D eigenvalue weighted by atomic mass is 10.3. The Hall–Kier alpha value is -1.59. The molecule has 0 bridgehead atoms. The Balaban J connectivity index is 1.71. The Bertz CT molecular complexity index is 580. The fraction of sp³-hybridized carbons (Fsp3) is 0.500. The largest absolute Gasteiger partial charge is 0.485 e. The average Bonchev–Trinajstić information content (AvgIpc) is 2.71. The number of nitrogens with zero attached hydrogens (tertiary/aromatic N) is 1. The molecule has 0 radical (unpaired) electrons. The van der Waals surface area contributed by atoms with Crippen LogP contribution >= 0.6 is 0 Å². The molecule has 0 N–H and O–H groups in total. The second-order valence-electron chi connectivity index (χ2n) is 5.12. The smallest absolute Gasteiger partial charge is 0.192 e. The Kier molecular flexibility index (Phi) is 2.95. The molecular weight excluding hydrogens is 246 g/mol. The predicted octanol–water partition coefficient (Wildman–Crippen LogP) is 2.67. The maximum atomic E-state index is 5.83. The van der Waals surface area contributed by atoms with Crippen LogP contribution in [0, 0.1) is 6.92 Å². The molecule has 1 aliphatic heterocycles. The van der Waals surface area contributed by atoms with Gasteiger partial charge in [0, 0.05) is 13.0 Å². The minimum absolute atomic E-state index is 0.102. The number of ether oxygens (including phenoxy) is 3. The molecule has 0 aliphatic carbocycles. The summed E-state index contributed by atoms with van der Waals surface area (Å²) in [5, 5.41) is 0. The molecule has 0 spiro atoms. The number of aromatic nitrogens is 1. The zero-order chi connectivity index (χ0) is 13.5. The second kappa shape index (κ2) is 4.51. The molecular formula is C14H17NO4. The maximum absolute atomic E-state index is 5.83. The molecule has 1 fully saturated rings. The van der Waals surface area contributed by atoms with E-state index in [0.29, 0.717) is 19.1 Å². The van der Waals surface area contributed by atoms with Crippen LogP contribution in [0.4, 0.5) is 0 Å². The van der Waals surface area contributed by atoms with Gasteiger partial charge >= 0.3 is 0 Å². The molecule has 0 saturated carbocycles. The van der Waals surface area contributed by atoms with E-state index in [0.717, 1.165) is 16.8 Å². The van der Waals surface area contributed by atoms with Crippen molar-refractivity contribution < 1.29 is 18.6 Å². The van der Waals surface area contributed by atoms with Gasteiger partial charge < -0.3 is 18.6 Å². The number of benzene rings is 1. The van der Waals surface area contributed by atoms with E-state index < -0.39 is 5.79 Å². The monoisotopic (exact) mass is 263 g/mol. The van der Waals surface area contributed by atoms with Crippen LogP contribution in [-0.4, -0.2) is 30.1 Å². The van der Waals surface area contributed by atoms with Gasteiger partial charge in [0.1, 0.15) is 17.4 Å². The third kappa shape index (κ3) is 2.72. The van der Waals surface area contributed by atoms with Crippen molar-refractivity contribution in [1.29, 1.82) is 0 Å². The van der Waals surface area contributed by atoms with Gasteiger partial charge in [-0.25, -0.2) is 4.98 Å². The maximum Gasteiger partial charge on any atom is 0.192 e. The molecule has 1 saturated heterocycles. The highest BCUT2D eigenvalue weighted by Gasteiger charge is 2.29. The van der Waals surface area contributed by atoms with Crippen LogP contribution in [0.25, 0.3) is 11.1 Å². The number of fused-ring (bicyclic) bond motifs is 1. The van der Waals surface area contributed by atoms with Gasteiger partial charge in [0.2, 0.25) is 0 Å². The highest BCUT2D eigenvalue weighted by molar-refractivity contribution is 5.74. The minimum atomic E-state index is -0.522. The van der Waals surface area contributed by atoms with Crippen LogP contribution < -0.4 is 4.74 Å². The molecule has 0 atom stereocenters. The number of oxazole rings is 1. The average molecular weight is 263 g/mol. The molecule has 1 aliphatic rings. The van der Waals surface area contributed by atoms with Crippen LogP contribution in [0.15, 0.2) is 22.6 Å². The minimum Gasteiger partial charge on any atom is -0.485 e. The fourth-order valence-electron chi connectivity index (χ4n) is 2.03. The normalized spacial score (nSPS) is 19.7. The van der Waals surface area contributed by atoms with Gasteiger partial charge in [-0.05, 0) is 26.0 Å². The molecule has 0 unspecified atom stereocenters. The van der Waals surface area contributed by atoms with Gasteiger partial charge in [0.15, 0.2) is 17.3 Å². The molecule has 102 valence electrons. The lowest BCUT2D eigenvalue weighted by Gasteiger charge is -2.34. The van der Waals surface area contributed by atoms with E-state index in [2.05, 4.69) is 4.98 Å². The van der Waals surface area contributed by atoms with Crippen LogP contribution in [0.2, 0.25) is 0 Å². The molecule has 5 heteroatoms. The number of hydrogen-bond acceptors (Lipinski definition) is 5. The Morgan fingerprint density at radius 2 is 2.00 bits per heavy atom. The SMILES string of the molecule is Cc1nc2ccc(OC3COC(C)(C)OC3)cc2o1. The summed E-state index contributed by atoms with van der Waals surface area (Å²) in [7, 11) is 0. The highest BCUT2D eigenvalue weighted by atomic mass is 16.7. The zero-order valence-corrected chi connectivity index (χ0v) is 11.3. The summed E-state index contributed by atoms with van der Waals surface area (Å²) in [6.45, 7) is 6.64. The topological polar surface area (TPSA) is 53.7 Å². The van der Waals surface area contributed by atoms with Gasteiger partial charge in [0.25, 0.3) is 0 Å².